The monoisotopic (exact) mass is 292 g/mol. The Kier molecular flexibility index (Phi) is 7.82. The third-order valence-corrected chi connectivity index (χ3v) is 6.10. The van der Waals surface area contributed by atoms with Gasteiger partial charge in [0.05, 0.1) is 0 Å². The summed E-state index contributed by atoms with van der Waals surface area (Å²) < 4.78 is 0. The molecule has 2 aliphatic carbocycles. The van der Waals surface area contributed by atoms with Crippen molar-refractivity contribution in [2.45, 2.75) is 103 Å². The number of ketones is 1. The third kappa shape index (κ3) is 5.75. The number of carbonyl (C=O) groups excluding carboxylic acids is 1. The summed E-state index contributed by atoms with van der Waals surface area (Å²) in [7, 11) is 0. The zero-order valence-corrected chi connectivity index (χ0v) is 14.2. The van der Waals surface area contributed by atoms with Crippen LogP contribution in [0.2, 0.25) is 0 Å². The van der Waals surface area contributed by atoms with Crippen molar-refractivity contribution in [3.05, 3.63) is 0 Å². The summed E-state index contributed by atoms with van der Waals surface area (Å²) in [6.07, 6.45) is 20.7. The minimum absolute atomic E-state index is 0.387. The SMILES string of the molecule is CC(=O)C1CCCCCCC1C1CCCCCCCCC1. The second kappa shape index (κ2) is 9.64. The first-order valence-electron chi connectivity index (χ1n) is 9.79. The van der Waals surface area contributed by atoms with Gasteiger partial charge in [-0.3, -0.25) is 4.79 Å². The molecule has 21 heavy (non-hydrogen) atoms. The maximum absolute atomic E-state index is 12.2. The molecule has 2 saturated carbocycles. The lowest BCUT2D eigenvalue weighted by Gasteiger charge is -2.35. The molecule has 0 aromatic rings. The molecule has 0 N–H and O–H groups in total. The van der Waals surface area contributed by atoms with Gasteiger partial charge >= 0.3 is 0 Å². The Morgan fingerprint density at radius 1 is 0.619 bits per heavy atom. The van der Waals surface area contributed by atoms with Crippen LogP contribution in [0.3, 0.4) is 0 Å². The Labute approximate surface area is 132 Å². The molecule has 2 aliphatic rings. The molecule has 122 valence electrons. The Bertz CT molecular complexity index is 286. The second-order valence-electron chi connectivity index (χ2n) is 7.68. The van der Waals surface area contributed by atoms with Gasteiger partial charge in [0.15, 0.2) is 0 Å². The Balaban J connectivity index is 2.01. The van der Waals surface area contributed by atoms with Crippen molar-refractivity contribution >= 4 is 5.78 Å². The standard InChI is InChI=1S/C20H36O/c1-17(21)19-15-11-7-8-12-16-20(19)18-13-9-5-3-2-4-6-10-14-18/h18-20H,2-16H2,1H3. The van der Waals surface area contributed by atoms with Gasteiger partial charge < -0.3 is 0 Å². The van der Waals surface area contributed by atoms with Gasteiger partial charge in [-0.05, 0) is 31.6 Å². The molecule has 0 spiro atoms. The first-order valence-corrected chi connectivity index (χ1v) is 9.79. The highest BCUT2D eigenvalue weighted by Crippen LogP contribution is 2.39. The van der Waals surface area contributed by atoms with E-state index in [-0.39, 0.29) is 0 Å². The number of hydrogen-bond acceptors (Lipinski definition) is 1. The maximum Gasteiger partial charge on any atom is 0.133 e. The topological polar surface area (TPSA) is 17.1 Å². The van der Waals surface area contributed by atoms with Crippen LogP contribution in [-0.2, 0) is 4.79 Å². The summed E-state index contributed by atoms with van der Waals surface area (Å²) in [4.78, 5) is 12.2. The smallest absolute Gasteiger partial charge is 0.133 e. The second-order valence-corrected chi connectivity index (χ2v) is 7.68. The molecule has 2 fully saturated rings. The molecule has 2 rings (SSSR count). The highest BCUT2D eigenvalue weighted by molar-refractivity contribution is 5.78. The summed E-state index contributed by atoms with van der Waals surface area (Å²) >= 11 is 0. The third-order valence-electron chi connectivity index (χ3n) is 6.10. The molecule has 0 aromatic heterocycles. The van der Waals surface area contributed by atoms with Gasteiger partial charge in [-0.15, -0.1) is 0 Å². The van der Waals surface area contributed by atoms with E-state index in [9.17, 15) is 4.79 Å². The fourth-order valence-corrected chi connectivity index (χ4v) is 4.85. The summed E-state index contributed by atoms with van der Waals surface area (Å²) in [5.41, 5.74) is 0. The number of Topliss-reactive ketones (excluding diaryl/α,β-unsaturated/α-hetero) is 1. The quantitative estimate of drug-likeness (QED) is 0.583. The Hall–Kier alpha value is -0.330. The van der Waals surface area contributed by atoms with Crippen LogP contribution in [0.1, 0.15) is 103 Å². The number of rotatable bonds is 2. The van der Waals surface area contributed by atoms with Crippen LogP contribution in [-0.4, -0.2) is 5.78 Å². The summed E-state index contributed by atoms with van der Waals surface area (Å²) in [6.45, 7) is 1.86. The highest BCUT2D eigenvalue weighted by atomic mass is 16.1. The van der Waals surface area contributed by atoms with Crippen LogP contribution in [0.4, 0.5) is 0 Å². The predicted molar refractivity (Wildman–Crippen MR) is 90.4 cm³/mol. The molecular weight excluding hydrogens is 256 g/mol. The van der Waals surface area contributed by atoms with Crippen molar-refractivity contribution in [2.75, 3.05) is 0 Å². The highest BCUT2D eigenvalue weighted by Gasteiger charge is 2.32. The molecule has 0 aromatic carbocycles. The van der Waals surface area contributed by atoms with Crippen LogP contribution in [0, 0.1) is 17.8 Å². The molecule has 0 bridgehead atoms. The van der Waals surface area contributed by atoms with Crippen LogP contribution in [0.15, 0.2) is 0 Å². The first kappa shape index (κ1) is 17.0. The van der Waals surface area contributed by atoms with Crippen molar-refractivity contribution in [1.29, 1.82) is 0 Å². The largest absolute Gasteiger partial charge is 0.300 e. The maximum atomic E-state index is 12.2. The lowest BCUT2D eigenvalue weighted by atomic mass is 9.70. The Morgan fingerprint density at radius 3 is 1.57 bits per heavy atom. The molecule has 2 atom stereocenters. The van der Waals surface area contributed by atoms with Gasteiger partial charge in [0.1, 0.15) is 5.78 Å². The van der Waals surface area contributed by atoms with Crippen molar-refractivity contribution < 1.29 is 4.79 Å². The van der Waals surface area contributed by atoms with E-state index in [0.717, 1.165) is 5.92 Å². The van der Waals surface area contributed by atoms with Gasteiger partial charge in [0.2, 0.25) is 0 Å². The van der Waals surface area contributed by atoms with Crippen LogP contribution in [0.25, 0.3) is 0 Å². The van der Waals surface area contributed by atoms with E-state index in [1.807, 2.05) is 6.92 Å². The predicted octanol–water partition coefficient (Wildman–Crippen LogP) is 6.30. The first-order chi connectivity index (χ1) is 10.3. The molecular formula is C20H36O. The van der Waals surface area contributed by atoms with E-state index in [4.69, 9.17) is 0 Å². The molecule has 0 radical (unpaired) electrons. The molecule has 1 nitrogen and oxygen atoms in total. The van der Waals surface area contributed by atoms with E-state index in [1.165, 1.54) is 96.3 Å². The van der Waals surface area contributed by atoms with Crippen molar-refractivity contribution in [3.8, 4) is 0 Å². The van der Waals surface area contributed by atoms with Gasteiger partial charge in [-0.25, -0.2) is 0 Å². The van der Waals surface area contributed by atoms with Crippen molar-refractivity contribution in [2.24, 2.45) is 17.8 Å². The van der Waals surface area contributed by atoms with E-state index in [1.54, 1.807) is 0 Å². The molecule has 0 aliphatic heterocycles. The lowest BCUT2D eigenvalue weighted by Crippen LogP contribution is -2.30. The molecule has 0 amide bonds. The summed E-state index contributed by atoms with van der Waals surface area (Å²) in [6, 6.07) is 0. The molecule has 0 heterocycles. The van der Waals surface area contributed by atoms with E-state index in [2.05, 4.69) is 0 Å². The number of carbonyl (C=O) groups is 1. The van der Waals surface area contributed by atoms with Crippen molar-refractivity contribution in [3.63, 3.8) is 0 Å². The fourth-order valence-electron chi connectivity index (χ4n) is 4.85. The fraction of sp³-hybridized carbons (Fsp3) is 0.950. The zero-order valence-electron chi connectivity index (χ0n) is 14.2. The molecule has 2 unspecified atom stereocenters. The van der Waals surface area contributed by atoms with Gasteiger partial charge in [0, 0.05) is 5.92 Å². The van der Waals surface area contributed by atoms with Crippen LogP contribution in [0.5, 0.6) is 0 Å². The van der Waals surface area contributed by atoms with Crippen LogP contribution >= 0.6 is 0 Å². The lowest BCUT2D eigenvalue weighted by molar-refractivity contribution is -0.123. The van der Waals surface area contributed by atoms with Gasteiger partial charge in [-0.2, -0.15) is 0 Å². The normalized spacial score (nSPS) is 31.1. The minimum Gasteiger partial charge on any atom is -0.300 e. The molecule has 0 saturated heterocycles. The molecule has 1 heteroatoms. The average Bonchev–Trinajstić information content (AvgIpc) is 2.44. The van der Waals surface area contributed by atoms with Gasteiger partial charge in [-0.1, -0.05) is 83.5 Å². The Morgan fingerprint density at radius 2 is 1.05 bits per heavy atom. The van der Waals surface area contributed by atoms with E-state index >= 15 is 0 Å². The van der Waals surface area contributed by atoms with E-state index in [0.29, 0.717) is 17.6 Å². The number of hydrogen-bond donors (Lipinski definition) is 0. The van der Waals surface area contributed by atoms with Gasteiger partial charge in [0.25, 0.3) is 0 Å². The average molecular weight is 293 g/mol. The minimum atomic E-state index is 0.387. The summed E-state index contributed by atoms with van der Waals surface area (Å²) in [5.74, 6) is 2.43. The zero-order chi connectivity index (χ0) is 14.9. The van der Waals surface area contributed by atoms with Crippen molar-refractivity contribution in [1.82, 2.24) is 0 Å². The summed E-state index contributed by atoms with van der Waals surface area (Å²) in [5, 5.41) is 0. The van der Waals surface area contributed by atoms with E-state index < -0.39 is 0 Å². The van der Waals surface area contributed by atoms with Crippen LogP contribution < -0.4 is 0 Å².